The van der Waals surface area contributed by atoms with Crippen molar-refractivity contribution in [2.24, 2.45) is 0 Å². The van der Waals surface area contributed by atoms with Crippen LogP contribution in [0.2, 0.25) is 0 Å². The predicted octanol–water partition coefficient (Wildman–Crippen LogP) is 1.26. The average molecular weight is 310 g/mol. The number of rotatable bonds is 8. The Bertz CT molecular complexity index is 498. The van der Waals surface area contributed by atoms with Gasteiger partial charge in [0.2, 0.25) is 0 Å². The first-order valence-electron chi connectivity index (χ1n) is 5.14. The zero-order valence-electron chi connectivity index (χ0n) is 9.75. The Kier molecular flexibility index (Phi) is 6.06. The fraction of sp³-hybridized carbons (Fsp3) is 0.556. The molecule has 0 radical (unpaired) electrons. The van der Waals surface area contributed by atoms with Crippen molar-refractivity contribution in [3.05, 3.63) is 11.2 Å². The van der Waals surface area contributed by atoms with E-state index in [0.29, 0.717) is 6.54 Å². The molecule has 0 fully saturated rings. The quantitative estimate of drug-likeness (QED) is 0.702. The first-order chi connectivity index (χ1) is 8.49. The van der Waals surface area contributed by atoms with Crippen LogP contribution in [0, 0.1) is 0 Å². The van der Waals surface area contributed by atoms with Crippen molar-refractivity contribution in [1.29, 1.82) is 0 Å². The molecule has 102 valence electrons. The molecule has 0 aliphatic carbocycles. The van der Waals surface area contributed by atoms with Crippen LogP contribution < -0.4 is 4.72 Å². The van der Waals surface area contributed by atoms with Crippen molar-refractivity contribution in [2.45, 2.75) is 17.1 Å². The predicted molar refractivity (Wildman–Crippen MR) is 71.9 cm³/mol. The Morgan fingerprint density at radius 3 is 2.89 bits per heavy atom. The van der Waals surface area contributed by atoms with Crippen LogP contribution in [0.25, 0.3) is 0 Å². The van der Waals surface area contributed by atoms with Crippen LogP contribution in [0.3, 0.4) is 0 Å². The second-order valence-electron chi connectivity index (χ2n) is 3.39. The Morgan fingerprint density at radius 2 is 2.28 bits per heavy atom. The zero-order valence-corrected chi connectivity index (χ0v) is 12.2. The molecule has 0 aliphatic heterocycles. The van der Waals surface area contributed by atoms with Crippen LogP contribution in [0.15, 0.2) is 9.72 Å². The number of aromatic nitrogens is 1. The van der Waals surface area contributed by atoms with Crippen LogP contribution in [0.5, 0.6) is 0 Å². The van der Waals surface area contributed by atoms with Gasteiger partial charge in [-0.05, 0) is 24.9 Å². The highest BCUT2D eigenvalue weighted by atomic mass is 32.2. The highest BCUT2D eigenvalue weighted by Gasteiger charge is 2.24. The zero-order chi connectivity index (χ0) is 13.6. The fourth-order valence-corrected chi connectivity index (χ4v) is 3.96. The normalized spacial score (nSPS) is 11.6. The van der Waals surface area contributed by atoms with Gasteiger partial charge >= 0.3 is 5.97 Å². The maximum atomic E-state index is 11.8. The smallest absolute Gasteiger partial charge is 0.356 e. The van der Waals surface area contributed by atoms with Gasteiger partial charge < -0.3 is 5.11 Å². The lowest BCUT2D eigenvalue weighted by Crippen LogP contribution is -2.25. The van der Waals surface area contributed by atoms with E-state index in [1.165, 1.54) is 5.51 Å². The molecule has 1 heterocycles. The minimum Gasteiger partial charge on any atom is -0.476 e. The molecule has 1 aromatic rings. The molecule has 6 nitrogen and oxygen atoms in total. The third kappa shape index (κ3) is 4.23. The maximum Gasteiger partial charge on any atom is 0.356 e. The summed E-state index contributed by atoms with van der Waals surface area (Å²) in [5.41, 5.74) is 0.794. The number of unbranched alkanes of at least 4 members (excludes halogenated alkanes) is 1. The molecular formula is C9H14N2O4S3. The van der Waals surface area contributed by atoms with Crippen LogP contribution in [-0.2, 0) is 10.0 Å². The summed E-state index contributed by atoms with van der Waals surface area (Å²) in [6.07, 6.45) is 3.63. The molecule has 0 aromatic carbocycles. The van der Waals surface area contributed by atoms with Crippen molar-refractivity contribution in [3.8, 4) is 0 Å². The number of carboxylic acid groups (broad SMARTS) is 1. The van der Waals surface area contributed by atoms with Crippen molar-refractivity contribution in [3.63, 3.8) is 0 Å². The van der Waals surface area contributed by atoms with Gasteiger partial charge in [0, 0.05) is 6.54 Å². The third-order valence-electron chi connectivity index (χ3n) is 2.05. The van der Waals surface area contributed by atoms with Crippen molar-refractivity contribution < 1.29 is 18.3 Å². The molecule has 9 heteroatoms. The average Bonchev–Trinajstić information content (AvgIpc) is 2.78. The SMILES string of the molecule is CSCCCCNS(=O)(=O)c1scnc1C(=O)O. The molecule has 0 bridgehead atoms. The van der Waals surface area contributed by atoms with Crippen LogP contribution >= 0.6 is 23.1 Å². The summed E-state index contributed by atoms with van der Waals surface area (Å²) >= 11 is 2.51. The molecule has 0 saturated carbocycles. The summed E-state index contributed by atoms with van der Waals surface area (Å²) < 4.78 is 25.8. The van der Waals surface area contributed by atoms with Crippen LogP contribution in [-0.4, -0.2) is 43.0 Å². The van der Waals surface area contributed by atoms with E-state index in [0.717, 1.165) is 29.9 Å². The summed E-state index contributed by atoms with van der Waals surface area (Å²) in [5.74, 6) is -0.359. The van der Waals surface area contributed by atoms with Crippen molar-refractivity contribution >= 4 is 39.1 Å². The Morgan fingerprint density at radius 1 is 1.56 bits per heavy atom. The molecule has 1 rings (SSSR count). The van der Waals surface area contributed by atoms with E-state index in [4.69, 9.17) is 5.11 Å². The van der Waals surface area contributed by atoms with Gasteiger partial charge in [-0.3, -0.25) is 0 Å². The number of carbonyl (C=O) groups is 1. The third-order valence-corrected chi connectivity index (χ3v) is 5.58. The Hall–Kier alpha value is -0.640. The van der Waals surface area contributed by atoms with Gasteiger partial charge in [0.05, 0.1) is 5.51 Å². The van der Waals surface area contributed by atoms with E-state index in [9.17, 15) is 13.2 Å². The second kappa shape index (κ2) is 7.07. The summed E-state index contributed by atoms with van der Waals surface area (Å²) in [5, 5.41) is 8.81. The highest BCUT2D eigenvalue weighted by Crippen LogP contribution is 2.19. The number of hydrogen-bond donors (Lipinski definition) is 2. The fourth-order valence-electron chi connectivity index (χ4n) is 1.21. The topological polar surface area (TPSA) is 96.4 Å². The standard InChI is InChI=1S/C9H14N2O4S3/c1-16-5-3-2-4-11-18(14,15)9-7(8(12)13)10-6-17-9/h6,11H,2-5H2,1H3,(H,12,13). The lowest BCUT2D eigenvalue weighted by atomic mass is 10.3. The number of thioether (sulfide) groups is 1. The number of sulfonamides is 1. The van der Waals surface area contributed by atoms with Crippen molar-refractivity contribution in [2.75, 3.05) is 18.6 Å². The lowest BCUT2D eigenvalue weighted by Gasteiger charge is -2.04. The largest absolute Gasteiger partial charge is 0.476 e. The Balaban J connectivity index is 2.63. The molecule has 0 unspecified atom stereocenters. The summed E-state index contributed by atoms with van der Waals surface area (Å²) in [7, 11) is -3.76. The summed E-state index contributed by atoms with van der Waals surface area (Å²) in [6.45, 7) is 0.305. The lowest BCUT2D eigenvalue weighted by molar-refractivity contribution is 0.0687. The molecule has 0 atom stereocenters. The monoisotopic (exact) mass is 310 g/mol. The van der Waals surface area contributed by atoms with Gasteiger partial charge in [-0.25, -0.2) is 22.9 Å². The number of hydrogen-bond acceptors (Lipinski definition) is 6. The molecule has 0 amide bonds. The molecular weight excluding hydrogens is 296 g/mol. The highest BCUT2D eigenvalue weighted by molar-refractivity contribution is 7.98. The van der Waals surface area contributed by atoms with Gasteiger partial charge in [0.15, 0.2) is 9.90 Å². The van der Waals surface area contributed by atoms with E-state index in [1.807, 2.05) is 6.26 Å². The molecule has 1 aromatic heterocycles. The number of carboxylic acids is 1. The van der Waals surface area contributed by atoms with E-state index in [1.54, 1.807) is 11.8 Å². The van der Waals surface area contributed by atoms with E-state index >= 15 is 0 Å². The summed E-state index contributed by atoms with van der Waals surface area (Å²) in [6, 6.07) is 0. The first-order valence-corrected chi connectivity index (χ1v) is 8.90. The van der Waals surface area contributed by atoms with Gasteiger partial charge in [0.25, 0.3) is 10.0 Å². The number of thiazole rings is 1. The minimum atomic E-state index is -3.76. The van der Waals surface area contributed by atoms with E-state index in [-0.39, 0.29) is 4.21 Å². The molecule has 2 N–H and O–H groups in total. The summed E-state index contributed by atoms with van der Waals surface area (Å²) in [4.78, 5) is 14.3. The van der Waals surface area contributed by atoms with Gasteiger partial charge in [-0.2, -0.15) is 11.8 Å². The molecule has 18 heavy (non-hydrogen) atoms. The first kappa shape index (κ1) is 15.4. The molecule has 0 spiro atoms. The number of nitrogens with one attached hydrogen (secondary N) is 1. The Labute approximate surface area is 114 Å². The molecule has 0 aliphatic rings. The second-order valence-corrected chi connectivity index (χ2v) is 7.19. The van der Waals surface area contributed by atoms with Crippen LogP contribution in [0.1, 0.15) is 23.3 Å². The van der Waals surface area contributed by atoms with Crippen molar-refractivity contribution in [1.82, 2.24) is 9.71 Å². The van der Waals surface area contributed by atoms with E-state index in [2.05, 4.69) is 9.71 Å². The minimum absolute atomic E-state index is 0.236. The molecule has 0 saturated heterocycles. The van der Waals surface area contributed by atoms with Crippen LogP contribution in [0.4, 0.5) is 0 Å². The van der Waals surface area contributed by atoms with Gasteiger partial charge in [-0.15, -0.1) is 11.3 Å². The maximum absolute atomic E-state index is 11.8. The number of aromatic carboxylic acids is 1. The van der Waals surface area contributed by atoms with Gasteiger partial charge in [-0.1, -0.05) is 0 Å². The van der Waals surface area contributed by atoms with Gasteiger partial charge in [0.1, 0.15) is 0 Å². The number of nitrogens with zero attached hydrogens (tertiary/aromatic N) is 1. The van der Waals surface area contributed by atoms with E-state index < -0.39 is 21.7 Å².